The molecule has 2 aliphatic rings. The monoisotopic (exact) mass is 412 g/mol. The first-order valence-corrected chi connectivity index (χ1v) is 10.6. The van der Waals surface area contributed by atoms with Crippen molar-refractivity contribution in [3.63, 3.8) is 0 Å². The Kier molecular flexibility index (Phi) is 4.70. The van der Waals surface area contributed by atoms with Gasteiger partial charge >= 0.3 is 0 Å². The molecule has 5 rings (SSSR count). The third-order valence-electron chi connectivity index (χ3n) is 6.04. The van der Waals surface area contributed by atoms with Gasteiger partial charge in [-0.1, -0.05) is 36.4 Å². The van der Waals surface area contributed by atoms with Crippen LogP contribution in [0, 0.1) is 13.8 Å². The second kappa shape index (κ2) is 7.54. The number of rotatable bonds is 3. The number of amides is 1. The fraction of sp³-hybridized carbons (Fsp3) is 0.240. The van der Waals surface area contributed by atoms with Crippen molar-refractivity contribution in [2.24, 2.45) is 0 Å². The highest BCUT2D eigenvalue weighted by Gasteiger charge is 2.38. The van der Waals surface area contributed by atoms with Crippen molar-refractivity contribution in [2.75, 3.05) is 10.6 Å². The average molecular weight is 412 g/mol. The molecule has 1 amide bonds. The molecule has 6 heteroatoms. The molecule has 0 bridgehead atoms. The van der Waals surface area contributed by atoms with Crippen molar-refractivity contribution in [3.05, 3.63) is 88.3 Å². The summed E-state index contributed by atoms with van der Waals surface area (Å²) >= 11 is 0. The summed E-state index contributed by atoms with van der Waals surface area (Å²) < 4.78 is 1.79. The van der Waals surface area contributed by atoms with E-state index in [4.69, 9.17) is 0 Å². The second-order valence-electron chi connectivity index (χ2n) is 8.23. The molecule has 3 aromatic rings. The molecule has 31 heavy (non-hydrogen) atoms. The quantitative estimate of drug-likeness (QED) is 0.649. The number of benzene rings is 2. The third kappa shape index (κ3) is 3.34. The maximum atomic E-state index is 13.1. The lowest BCUT2D eigenvalue weighted by molar-refractivity contribution is -0.116. The van der Waals surface area contributed by atoms with Gasteiger partial charge in [0.1, 0.15) is 17.4 Å². The lowest BCUT2D eigenvalue weighted by Crippen LogP contribution is -2.32. The maximum absolute atomic E-state index is 13.1. The molecule has 2 N–H and O–H groups in total. The largest absolute Gasteiger partial charge is 0.343 e. The number of hydrogen-bond donors (Lipinski definition) is 2. The van der Waals surface area contributed by atoms with Crippen LogP contribution in [0.3, 0.4) is 0 Å². The van der Waals surface area contributed by atoms with E-state index < -0.39 is 0 Å². The number of nitrogens with one attached hydrogen (secondary N) is 2. The molecule has 0 unspecified atom stereocenters. The highest BCUT2D eigenvalue weighted by Crippen LogP contribution is 2.42. The topological polar surface area (TPSA) is 76.0 Å². The molecule has 1 atom stereocenters. The SMILES string of the molecule is Cc1cccc(NC(=O)c2cnn3c2NC2=C(C(=O)CCC2)[C@H]3c2ccccc2C)c1. The van der Waals surface area contributed by atoms with Crippen molar-refractivity contribution >= 4 is 23.2 Å². The minimum absolute atomic E-state index is 0.147. The van der Waals surface area contributed by atoms with Gasteiger partial charge in [0.2, 0.25) is 0 Å². The number of anilines is 2. The number of allylic oxidation sites excluding steroid dienone is 2. The lowest BCUT2D eigenvalue weighted by Gasteiger charge is -2.34. The summed E-state index contributed by atoms with van der Waals surface area (Å²) in [4.78, 5) is 26.0. The smallest absolute Gasteiger partial charge is 0.261 e. The molecule has 1 aliphatic carbocycles. The summed E-state index contributed by atoms with van der Waals surface area (Å²) in [6.07, 6.45) is 3.72. The highest BCUT2D eigenvalue weighted by molar-refractivity contribution is 6.08. The minimum Gasteiger partial charge on any atom is -0.343 e. The summed E-state index contributed by atoms with van der Waals surface area (Å²) in [5.41, 5.74) is 6.06. The van der Waals surface area contributed by atoms with Crippen LogP contribution in [0.4, 0.5) is 11.5 Å². The van der Waals surface area contributed by atoms with Crippen LogP contribution in [-0.4, -0.2) is 21.5 Å². The molecule has 1 aromatic heterocycles. The van der Waals surface area contributed by atoms with Gasteiger partial charge in [0.25, 0.3) is 5.91 Å². The van der Waals surface area contributed by atoms with Crippen LogP contribution in [-0.2, 0) is 4.79 Å². The molecular weight excluding hydrogens is 388 g/mol. The van der Waals surface area contributed by atoms with Crippen LogP contribution >= 0.6 is 0 Å². The zero-order valence-electron chi connectivity index (χ0n) is 17.6. The molecule has 0 radical (unpaired) electrons. The minimum atomic E-state index is -0.333. The third-order valence-corrected chi connectivity index (χ3v) is 6.04. The van der Waals surface area contributed by atoms with Gasteiger partial charge in [-0.05, 0) is 55.5 Å². The number of Topliss-reactive ketones (excluding diaryl/α,β-unsaturated/α-hetero) is 1. The van der Waals surface area contributed by atoms with Gasteiger partial charge in [-0.2, -0.15) is 5.10 Å². The Balaban J connectivity index is 1.59. The molecule has 0 saturated carbocycles. The summed E-state index contributed by atoms with van der Waals surface area (Å²) in [6.45, 7) is 4.03. The number of hydrogen-bond acceptors (Lipinski definition) is 4. The Bertz CT molecular complexity index is 1240. The predicted molar refractivity (Wildman–Crippen MR) is 120 cm³/mol. The van der Waals surface area contributed by atoms with E-state index in [-0.39, 0.29) is 17.7 Å². The number of ketones is 1. The van der Waals surface area contributed by atoms with Crippen LogP contribution < -0.4 is 10.6 Å². The maximum Gasteiger partial charge on any atom is 0.261 e. The molecule has 6 nitrogen and oxygen atoms in total. The van der Waals surface area contributed by atoms with E-state index in [1.807, 2.05) is 62.4 Å². The van der Waals surface area contributed by atoms with Gasteiger partial charge in [-0.25, -0.2) is 4.68 Å². The van der Waals surface area contributed by atoms with Crippen LogP contribution in [0.25, 0.3) is 0 Å². The first kappa shape index (κ1) is 19.3. The number of nitrogens with zero attached hydrogens (tertiary/aromatic N) is 2. The molecule has 0 saturated heterocycles. The zero-order chi connectivity index (χ0) is 21.5. The molecule has 0 fully saturated rings. The lowest BCUT2D eigenvalue weighted by atomic mass is 9.84. The Hall–Kier alpha value is -3.67. The number of aromatic nitrogens is 2. The van der Waals surface area contributed by atoms with E-state index in [1.165, 1.54) is 0 Å². The van der Waals surface area contributed by atoms with E-state index >= 15 is 0 Å². The van der Waals surface area contributed by atoms with E-state index in [0.717, 1.165) is 46.5 Å². The van der Waals surface area contributed by atoms with Gasteiger partial charge < -0.3 is 10.6 Å². The number of fused-ring (bicyclic) bond motifs is 1. The van der Waals surface area contributed by atoms with Crippen LogP contribution in [0.1, 0.15) is 52.4 Å². The van der Waals surface area contributed by atoms with E-state index in [2.05, 4.69) is 15.7 Å². The van der Waals surface area contributed by atoms with Gasteiger partial charge in [-0.15, -0.1) is 0 Å². The van der Waals surface area contributed by atoms with Crippen LogP contribution in [0.2, 0.25) is 0 Å². The van der Waals surface area contributed by atoms with Crippen molar-refractivity contribution in [3.8, 4) is 0 Å². The van der Waals surface area contributed by atoms with Gasteiger partial charge in [-0.3, -0.25) is 9.59 Å². The highest BCUT2D eigenvalue weighted by atomic mass is 16.1. The van der Waals surface area contributed by atoms with Crippen LogP contribution in [0.5, 0.6) is 0 Å². The normalized spacial score (nSPS) is 17.6. The van der Waals surface area contributed by atoms with Crippen molar-refractivity contribution in [2.45, 2.75) is 39.2 Å². The summed E-state index contributed by atoms with van der Waals surface area (Å²) in [5, 5.41) is 10.9. The van der Waals surface area contributed by atoms with Crippen molar-refractivity contribution < 1.29 is 9.59 Å². The fourth-order valence-electron chi connectivity index (χ4n) is 4.53. The first-order valence-electron chi connectivity index (χ1n) is 10.6. The Morgan fingerprint density at radius 3 is 2.77 bits per heavy atom. The molecule has 2 heterocycles. The van der Waals surface area contributed by atoms with E-state index in [0.29, 0.717) is 17.8 Å². The number of aryl methyl sites for hydroxylation is 2. The molecule has 0 spiro atoms. The van der Waals surface area contributed by atoms with Gasteiger partial charge in [0.15, 0.2) is 5.78 Å². The standard InChI is InChI=1S/C25H24N4O2/c1-15-7-5-9-17(13-15)27-25(31)19-14-26-29-23(18-10-4-3-8-16(18)2)22-20(28-24(19)29)11-6-12-21(22)30/h3-5,7-10,13-14,23,28H,6,11-12H2,1-2H3,(H,27,31)/t23-/m1/s1. The Labute approximate surface area is 181 Å². The van der Waals surface area contributed by atoms with Gasteiger partial charge in [0, 0.05) is 23.4 Å². The summed E-state index contributed by atoms with van der Waals surface area (Å²) in [6, 6.07) is 15.4. The van der Waals surface area contributed by atoms with Crippen LogP contribution in [0.15, 0.2) is 66.0 Å². The van der Waals surface area contributed by atoms with Crippen molar-refractivity contribution in [1.29, 1.82) is 0 Å². The molecule has 156 valence electrons. The van der Waals surface area contributed by atoms with Gasteiger partial charge in [0.05, 0.1) is 6.20 Å². The zero-order valence-corrected chi connectivity index (χ0v) is 17.6. The summed E-state index contributed by atoms with van der Waals surface area (Å²) in [7, 11) is 0. The average Bonchev–Trinajstić information content (AvgIpc) is 3.17. The Morgan fingerprint density at radius 2 is 1.97 bits per heavy atom. The second-order valence-corrected chi connectivity index (χ2v) is 8.23. The Morgan fingerprint density at radius 1 is 1.13 bits per heavy atom. The van der Waals surface area contributed by atoms with E-state index in [1.54, 1.807) is 10.9 Å². The molecular formula is C25H24N4O2. The van der Waals surface area contributed by atoms with E-state index in [9.17, 15) is 9.59 Å². The first-order chi connectivity index (χ1) is 15.0. The summed E-state index contributed by atoms with van der Waals surface area (Å²) in [5.74, 6) is 0.551. The predicted octanol–water partition coefficient (Wildman–Crippen LogP) is 4.77. The van der Waals surface area contributed by atoms with Crippen molar-refractivity contribution in [1.82, 2.24) is 9.78 Å². The molecule has 2 aromatic carbocycles. The molecule has 1 aliphatic heterocycles. The number of carbonyl (C=O) groups excluding carboxylic acids is 2. The fourth-order valence-corrected chi connectivity index (χ4v) is 4.53. The number of carbonyl (C=O) groups is 2.